The maximum atomic E-state index is 12.1. The van der Waals surface area contributed by atoms with Crippen LogP contribution in [0, 0.1) is 5.92 Å². The topological polar surface area (TPSA) is 80.3 Å². The Kier molecular flexibility index (Phi) is 4.18. The van der Waals surface area contributed by atoms with Gasteiger partial charge in [-0.15, -0.1) is 10.2 Å². The van der Waals surface area contributed by atoms with Crippen molar-refractivity contribution >= 4 is 17.3 Å². The third-order valence-corrected chi connectivity index (χ3v) is 4.15. The predicted molar refractivity (Wildman–Crippen MR) is 89.4 cm³/mol. The lowest BCUT2D eigenvalue weighted by molar-refractivity contribution is -0.134. The zero-order valence-corrected chi connectivity index (χ0v) is 13.5. The fourth-order valence-corrected chi connectivity index (χ4v) is 2.86. The van der Waals surface area contributed by atoms with Crippen LogP contribution in [-0.2, 0) is 4.79 Å². The number of nitrogens with two attached hydrogens (primary N) is 1. The minimum absolute atomic E-state index is 0.0506. The van der Waals surface area contributed by atoms with Crippen molar-refractivity contribution in [1.29, 1.82) is 0 Å². The molecule has 0 spiro atoms. The highest BCUT2D eigenvalue weighted by molar-refractivity contribution is 5.78. The second-order valence-corrected chi connectivity index (χ2v) is 6.08. The van der Waals surface area contributed by atoms with Crippen molar-refractivity contribution in [3.05, 3.63) is 30.9 Å². The number of carbonyl (C=O) groups excluding carboxylic acids is 1. The van der Waals surface area contributed by atoms with Crippen molar-refractivity contribution in [3.8, 4) is 5.69 Å². The van der Waals surface area contributed by atoms with E-state index in [-0.39, 0.29) is 11.8 Å². The number of hydrogen-bond acceptors (Lipinski definition) is 5. The molecule has 2 aromatic rings. The second kappa shape index (κ2) is 6.28. The molecule has 0 unspecified atom stereocenters. The number of rotatable bonds is 3. The normalized spacial score (nSPS) is 15.3. The molecule has 0 aliphatic carbocycles. The number of anilines is 2. The van der Waals surface area contributed by atoms with Gasteiger partial charge >= 0.3 is 0 Å². The van der Waals surface area contributed by atoms with Crippen LogP contribution in [-0.4, -0.2) is 51.8 Å². The maximum Gasteiger partial charge on any atom is 0.225 e. The molecule has 1 aliphatic heterocycles. The number of nitrogens with zero attached hydrogens (tertiary/aromatic N) is 5. The molecule has 0 radical (unpaired) electrons. The van der Waals surface area contributed by atoms with Crippen LogP contribution in [0.4, 0.5) is 11.4 Å². The molecule has 122 valence electrons. The van der Waals surface area contributed by atoms with Gasteiger partial charge in [-0.25, -0.2) is 0 Å². The molecule has 7 heteroatoms. The summed E-state index contributed by atoms with van der Waals surface area (Å²) in [5, 5.41) is 7.61. The number of piperazine rings is 1. The fraction of sp³-hybridized carbons (Fsp3) is 0.438. The lowest BCUT2D eigenvalue weighted by atomic mass is 10.1. The summed E-state index contributed by atoms with van der Waals surface area (Å²) in [5.41, 5.74) is 8.89. The summed E-state index contributed by atoms with van der Waals surface area (Å²) in [7, 11) is 0. The molecule has 0 saturated carbocycles. The number of nitrogen functional groups attached to an aromatic ring is 1. The Bertz CT molecular complexity index is 674. The maximum absolute atomic E-state index is 12.1. The molecule has 1 aromatic heterocycles. The van der Waals surface area contributed by atoms with Gasteiger partial charge in [0.2, 0.25) is 5.91 Å². The van der Waals surface area contributed by atoms with Crippen molar-refractivity contribution in [2.75, 3.05) is 36.8 Å². The van der Waals surface area contributed by atoms with Gasteiger partial charge in [-0.3, -0.25) is 9.36 Å². The number of aromatic nitrogens is 3. The van der Waals surface area contributed by atoms with Crippen molar-refractivity contribution in [1.82, 2.24) is 19.7 Å². The van der Waals surface area contributed by atoms with Crippen LogP contribution in [0.5, 0.6) is 0 Å². The van der Waals surface area contributed by atoms with E-state index in [9.17, 15) is 4.79 Å². The van der Waals surface area contributed by atoms with E-state index in [4.69, 9.17) is 5.73 Å². The van der Waals surface area contributed by atoms with E-state index in [1.807, 2.05) is 41.5 Å². The summed E-state index contributed by atoms with van der Waals surface area (Å²) >= 11 is 0. The summed E-state index contributed by atoms with van der Waals surface area (Å²) in [5.74, 6) is 0.273. The van der Waals surface area contributed by atoms with E-state index in [1.165, 1.54) is 0 Å². The highest BCUT2D eigenvalue weighted by Crippen LogP contribution is 2.27. The van der Waals surface area contributed by atoms with Gasteiger partial charge in [0.05, 0.1) is 17.1 Å². The van der Waals surface area contributed by atoms with Gasteiger partial charge in [-0.1, -0.05) is 13.8 Å². The molecular weight excluding hydrogens is 292 g/mol. The van der Waals surface area contributed by atoms with Crippen LogP contribution in [0.15, 0.2) is 30.9 Å². The van der Waals surface area contributed by atoms with Crippen LogP contribution in [0.2, 0.25) is 0 Å². The lowest BCUT2D eigenvalue weighted by Crippen LogP contribution is -2.50. The Hall–Kier alpha value is -2.57. The number of hydrogen-bond donors (Lipinski definition) is 1. The molecule has 1 saturated heterocycles. The zero-order chi connectivity index (χ0) is 16.4. The number of amides is 1. The summed E-state index contributed by atoms with van der Waals surface area (Å²) in [6.45, 7) is 6.96. The first-order chi connectivity index (χ1) is 11.1. The minimum atomic E-state index is 0.0506. The minimum Gasteiger partial charge on any atom is -0.397 e. The van der Waals surface area contributed by atoms with Gasteiger partial charge in [0.25, 0.3) is 0 Å². The molecule has 0 atom stereocenters. The highest BCUT2D eigenvalue weighted by atomic mass is 16.2. The molecule has 1 amide bonds. The summed E-state index contributed by atoms with van der Waals surface area (Å²) in [4.78, 5) is 16.2. The van der Waals surface area contributed by atoms with E-state index in [2.05, 4.69) is 15.1 Å². The van der Waals surface area contributed by atoms with Crippen LogP contribution < -0.4 is 10.6 Å². The van der Waals surface area contributed by atoms with Gasteiger partial charge < -0.3 is 15.5 Å². The third kappa shape index (κ3) is 3.13. The van der Waals surface area contributed by atoms with Crippen molar-refractivity contribution < 1.29 is 4.79 Å². The van der Waals surface area contributed by atoms with Gasteiger partial charge in [-0.05, 0) is 18.2 Å². The Balaban J connectivity index is 1.70. The molecule has 1 aromatic carbocycles. The number of carbonyl (C=O) groups is 1. The SMILES string of the molecule is CC(C)C(=O)N1CCN(c2ccc(-n3cnnc3)cc2N)CC1. The van der Waals surface area contributed by atoms with E-state index < -0.39 is 0 Å². The van der Waals surface area contributed by atoms with Gasteiger partial charge in [0.1, 0.15) is 12.7 Å². The monoisotopic (exact) mass is 314 g/mol. The first-order valence-electron chi connectivity index (χ1n) is 7.84. The first kappa shape index (κ1) is 15.3. The summed E-state index contributed by atoms with van der Waals surface area (Å²) < 4.78 is 1.82. The number of benzene rings is 1. The Morgan fingerprint density at radius 1 is 1.13 bits per heavy atom. The van der Waals surface area contributed by atoms with E-state index in [0.29, 0.717) is 0 Å². The molecule has 2 N–H and O–H groups in total. The van der Waals surface area contributed by atoms with Gasteiger partial charge in [-0.2, -0.15) is 0 Å². The zero-order valence-electron chi connectivity index (χ0n) is 13.5. The van der Waals surface area contributed by atoms with Crippen LogP contribution in [0.25, 0.3) is 5.69 Å². The van der Waals surface area contributed by atoms with Crippen LogP contribution in [0.1, 0.15) is 13.8 Å². The fourth-order valence-electron chi connectivity index (χ4n) is 2.86. The average Bonchev–Trinajstić information content (AvgIpc) is 3.08. The average molecular weight is 314 g/mol. The molecule has 23 heavy (non-hydrogen) atoms. The van der Waals surface area contributed by atoms with Crippen LogP contribution in [0.3, 0.4) is 0 Å². The van der Waals surface area contributed by atoms with E-state index >= 15 is 0 Å². The smallest absolute Gasteiger partial charge is 0.225 e. The van der Waals surface area contributed by atoms with Gasteiger partial charge in [0.15, 0.2) is 0 Å². The van der Waals surface area contributed by atoms with Gasteiger partial charge in [0, 0.05) is 32.1 Å². The molecule has 0 bridgehead atoms. The quantitative estimate of drug-likeness (QED) is 0.860. The standard InChI is InChI=1S/C16H22N6O/c1-12(2)16(23)21-7-5-20(6-8-21)15-4-3-13(9-14(15)17)22-10-18-19-11-22/h3-4,9-12H,5-8,17H2,1-2H3. The second-order valence-electron chi connectivity index (χ2n) is 6.08. The Labute approximate surface area is 135 Å². The van der Waals surface area contributed by atoms with Crippen molar-refractivity contribution in [2.45, 2.75) is 13.8 Å². The molecular formula is C16H22N6O. The molecule has 7 nitrogen and oxygen atoms in total. The largest absolute Gasteiger partial charge is 0.397 e. The summed E-state index contributed by atoms with van der Waals surface area (Å²) in [6, 6.07) is 5.94. The molecule has 3 rings (SSSR count). The third-order valence-electron chi connectivity index (χ3n) is 4.15. The molecule has 1 aliphatic rings. The highest BCUT2D eigenvalue weighted by Gasteiger charge is 2.23. The van der Waals surface area contributed by atoms with Crippen LogP contribution >= 0.6 is 0 Å². The Morgan fingerprint density at radius 3 is 2.35 bits per heavy atom. The first-order valence-corrected chi connectivity index (χ1v) is 7.84. The van der Waals surface area contributed by atoms with E-state index in [1.54, 1.807) is 12.7 Å². The Morgan fingerprint density at radius 2 is 1.78 bits per heavy atom. The molecule has 2 heterocycles. The summed E-state index contributed by atoms with van der Waals surface area (Å²) in [6.07, 6.45) is 3.29. The van der Waals surface area contributed by atoms with Crippen molar-refractivity contribution in [2.24, 2.45) is 5.92 Å². The van der Waals surface area contributed by atoms with E-state index in [0.717, 1.165) is 43.2 Å². The molecule has 1 fully saturated rings. The lowest BCUT2D eigenvalue weighted by Gasteiger charge is -2.37. The predicted octanol–water partition coefficient (Wildman–Crippen LogP) is 1.15. The van der Waals surface area contributed by atoms with Crippen molar-refractivity contribution in [3.63, 3.8) is 0 Å².